The second-order valence-electron chi connectivity index (χ2n) is 14.1. The molecule has 10 heteroatoms. The van der Waals surface area contributed by atoms with Gasteiger partial charge in [0.05, 0.1) is 37.3 Å². The molecule has 3 aliphatic carbocycles. The fourth-order valence-electron chi connectivity index (χ4n) is 9.56. The van der Waals surface area contributed by atoms with Crippen LogP contribution in [0.2, 0.25) is 0 Å². The van der Waals surface area contributed by atoms with Crippen molar-refractivity contribution in [1.29, 1.82) is 0 Å². The average molecular weight is 621 g/mol. The zero-order valence-corrected chi connectivity index (χ0v) is 26.5. The Kier molecular flexibility index (Phi) is 9.83. The van der Waals surface area contributed by atoms with Crippen LogP contribution in [-0.2, 0) is 47.5 Å². The number of epoxide rings is 2. The van der Waals surface area contributed by atoms with E-state index in [1.54, 1.807) is 38.5 Å². The highest BCUT2D eigenvalue weighted by Gasteiger charge is 2.67. The first kappa shape index (κ1) is 31.3. The molecule has 6 aliphatic heterocycles. The van der Waals surface area contributed by atoms with Crippen LogP contribution in [0.3, 0.4) is 0 Å². The van der Waals surface area contributed by atoms with E-state index in [4.69, 9.17) is 37.9 Å². The highest BCUT2D eigenvalue weighted by Crippen LogP contribution is 2.58. The predicted octanol–water partition coefficient (Wildman–Crippen LogP) is 3.85. The van der Waals surface area contributed by atoms with E-state index in [1.807, 2.05) is 13.8 Å². The molecule has 14 atom stereocenters. The molecule has 248 valence electrons. The molecule has 9 rings (SSSR count). The summed E-state index contributed by atoms with van der Waals surface area (Å²) in [4.78, 5) is 23.7. The van der Waals surface area contributed by atoms with Gasteiger partial charge in [0.2, 0.25) is 0 Å². The second-order valence-corrected chi connectivity index (χ2v) is 14.1. The van der Waals surface area contributed by atoms with E-state index in [0.29, 0.717) is 39.6 Å². The van der Waals surface area contributed by atoms with Crippen LogP contribution in [0.15, 0.2) is 0 Å². The van der Waals surface area contributed by atoms with Gasteiger partial charge >= 0.3 is 11.9 Å². The highest BCUT2D eigenvalue weighted by molar-refractivity contribution is 5.74. The van der Waals surface area contributed by atoms with Crippen molar-refractivity contribution in [2.75, 3.05) is 39.6 Å². The standard InChI is InChI=1S/2C12H18O5.C10H16/c2*1-2-14-4-3-5-15-12(13)7-6-8-10-11(17-10)9(7)16-8;1-2-9-7-4-5-8(6-7)10(9)3-1/h2*7-11H,2-6H2,1H3;7-10H,1-6H2. The molecular formula is C34H52O10. The van der Waals surface area contributed by atoms with E-state index < -0.39 is 0 Å². The Labute approximate surface area is 261 Å². The van der Waals surface area contributed by atoms with E-state index in [2.05, 4.69) is 0 Å². The number of hydrogen-bond acceptors (Lipinski definition) is 10. The number of carbonyl (C=O) groups excluding carboxylic acids is 2. The van der Waals surface area contributed by atoms with Crippen LogP contribution in [0.5, 0.6) is 0 Å². The molecule has 3 saturated carbocycles. The van der Waals surface area contributed by atoms with Crippen LogP contribution >= 0.6 is 0 Å². The normalized spacial score (nSPS) is 45.0. The van der Waals surface area contributed by atoms with Crippen molar-refractivity contribution in [3.05, 3.63) is 0 Å². The molecule has 0 amide bonds. The van der Waals surface area contributed by atoms with Gasteiger partial charge < -0.3 is 37.9 Å². The Bertz CT molecular complexity index is 931. The van der Waals surface area contributed by atoms with Gasteiger partial charge in [-0.2, -0.15) is 0 Å². The minimum absolute atomic E-state index is 0.0515. The minimum Gasteiger partial charge on any atom is -0.465 e. The Morgan fingerprint density at radius 3 is 1.45 bits per heavy atom. The number of fused-ring (bicyclic) bond motifs is 15. The minimum atomic E-state index is -0.136. The van der Waals surface area contributed by atoms with E-state index in [0.717, 1.165) is 25.7 Å². The Morgan fingerprint density at radius 2 is 1.05 bits per heavy atom. The summed E-state index contributed by atoms with van der Waals surface area (Å²) in [5.74, 6) is 4.30. The van der Waals surface area contributed by atoms with Crippen LogP contribution in [0.1, 0.15) is 78.1 Å². The molecule has 0 aromatic carbocycles. The molecule has 9 fully saturated rings. The maximum atomic E-state index is 11.8. The highest BCUT2D eigenvalue weighted by atomic mass is 16.7. The van der Waals surface area contributed by atoms with Crippen molar-refractivity contribution in [1.82, 2.24) is 0 Å². The van der Waals surface area contributed by atoms with Gasteiger partial charge in [-0.05, 0) is 82.5 Å². The maximum Gasteiger partial charge on any atom is 0.311 e. The van der Waals surface area contributed by atoms with Crippen LogP contribution in [0.4, 0.5) is 0 Å². The van der Waals surface area contributed by atoms with Gasteiger partial charge in [0.1, 0.15) is 36.6 Å². The third-order valence-electron chi connectivity index (χ3n) is 11.7. The van der Waals surface area contributed by atoms with E-state index >= 15 is 0 Å². The molecule has 44 heavy (non-hydrogen) atoms. The summed E-state index contributed by atoms with van der Waals surface area (Å²) in [5, 5.41) is 0. The molecule has 14 unspecified atom stereocenters. The fourth-order valence-corrected chi connectivity index (χ4v) is 9.56. The number of esters is 2. The lowest BCUT2D eigenvalue weighted by Gasteiger charge is -2.23. The van der Waals surface area contributed by atoms with Gasteiger partial charge in [-0.3, -0.25) is 9.59 Å². The summed E-state index contributed by atoms with van der Waals surface area (Å²) in [6.07, 6.45) is 13.6. The summed E-state index contributed by atoms with van der Waals surface area (Å²) >= 11 is 0. The number of ether oxygens (including phenoxy) is 8. The summed E-state index contributed by atoms with van der Waals surface area (Å²) in [5.41, 5.74) is 0. The zero-order valence-electron chi connectivity index (χ0n) is 26.5. The molecule has 0 aromatic heterocycles. The van der Waals surface area contributed by atoms with Gasteiger partial charge in [-0.1, -0.05) is 6.42 Å². The van der Waals surface area contributed by atoms with Gasteiger partial charge in [0.15, 0.2) is 0 Å². The monoisotopic (exact) mass is 620 g/mol. The van der Waals surface area contributed by atoms with Crippen molar-refractivity contribution in [3.63, 3.8) is 0 Å². The maximum absolute atomic E-state index is 11.8. The first-order valence-corrected chi connectivity index (χ1v) is 17.7. The Morgan fingerprint density at radius 1 is 0.568 bits per heavy atom. The van der Waals surface area contributed by atoms with Gasteiger partial charge in [0.25, 0.3) is 0 Å². The zero-order chi connectivity index (χ0) is 30.2. The van der Waals surface area contributed by atoms with Crippen LogP contribution < -0.4 is 0 Å². The summed E-state index contributed by atoms with van der Waals surface area (Å²) in [6, 6.07) is 0. The first-order chi connectivity index (χ1) is 21.6. The smallest absolute Gasteiger partial charge is 0.311 e. The molecule has 0 radical (unpaired) electrons. The SMILES string of the molecule is C1CC2C3CCC(C3)C2C1.CCOCCCOC(=O)C1CC2OC1C1OC21.CCOCCCOC(=O)C1CC2OC1C1OC21. The lowest BCUT2D eigenvalue weighted by Crippen LogP contribution is -2.32. The molecule has 6 saturated heterocycles. The lowest BCUT2D eigenvalue weighted by atomic mass is 9.82. The summed E-state index contributed by atoms with van der Waals surface area (Å²) < 4.78 is 43.0. The van der Waals surface area contributed by atoms with Crippen molar-refractivity contribution < 1.29 is 47.5 Å². The van der Waals surface area contributed by atoms with Crippen molar-refractivity contribution in [2.24, 2.45) is 35.5 Å². The lowest BCUT2D eigenvalue weighted by molar-refractivity contribution is -0.152. The van der Waals surface area contributed by atoms with E-state index in [-0.39, 0.29) is 72.6 Å². The van der Waals surface area contributed by atoms with Gasteiger partial charge in [-0.15, -0.1) is 0 Å². The largest absolute Gasteiger partial charge is 0.465 e. The number of hydrogen-bond donors (Lipinski definition) is 0. The van der Waals surface area contributed by atoms with E-state index in [1.165, 1.54) is 23.7 Å². The topological polar surface area (TPSA) is 115 Å². The van der Waals surface area contributed by atoms with Crippen LogP contribution in [0.25, 0.3) is 0 Å². The quantitative estimate of drug-likeness (QED) is 0.181. The predicted molar refractivity (Wildman–Crippen MR) is 157 cm³/mol. The first-order valence-electron chi connectivity index (χ1n) is 17.7. The fraction of sp³-hybridized carbons (Fsp3) is 0.941. The van der Waals surface area contributed by atoms with Gasteiger partial charge in [0, 0.05) is 39.3 Å². The van der Waals surface area contributed by atoms with Crippen molar-refractivity contribution in [3.8, 4) is 0 Å². The van der Waals surface area contributed by atoms with Crippen molar-refractivity contribution in [2.45, 2.75) is 127 Å². The molecule has 10 nitrogen and oxygen atoms in total. The molecule has 6 bridgehead atoms. The Balaban J connectivity index is 0.000000110. The third-order valence-corrected chi connectivity index (χ3v) is 11.7. The summed E-state index contributed by atoms with van der Waals surface area (Å²) in [6.45, 7) is 7.46. The average Bonchev–Trinajstić information content (AvgIpc) is 3.48. The number of carbonyl (C=O) groups is 2. The van der Waals surface area contributed by atoms with Crippen LogP contribution in [0, 0.1) is 35.5 Å². The number of rotatable bonds is 12. The third kappa shape index (κ3) is 6.45. The van der Waals surface area contributed by atoms with Gasteiger partial charge in [-0.25, -0.2) is 0 Å². The van der Waals surface area contributed by atoms with E-state index in [9.17, 15) is 9.59 Å². The molecular weight excluding hydrogens is 568 g/mol. The molecule has 6 heterocycles. The summed E-state index contributed by atoms with van der Waals surface area (Å²) in [7, 11) is 0. The molecule has 0 N–H and O–H groups in total. The second kappa shape index (κ2) is 13.8. The van der Waals surface area contributed by atoms with Crippen molar-refractivity contribution >= 4 is 11.9 Å². The van der Waals surface area contributed by atoms with Crippen LogP contribution in [-0.4, -0.2) is 100 Å². The molecule has 0 spiro atoms. The molecule has 9 aliphatic rings. The Hall–Kier alpha value is -1.30. The molecule has 0 aromatic rings.